The molecule has 1 heterocycles. The van der Waals surface area contributed by atoms with Crippen LogP contribution >= 0.6 is 11.3 Å². The minimum Gasteiger partial charge on any atom is -0.455 e. The van der Waals surface area contributed by atoms with Crippen molar-refractivity contribution in [3.05, 3.63) is 16.1 Å². The number of carbonyl (C=O) groups excluding carboxylic acids is 2. The maximum Gasteiger partial charge on any atom is 0.410 e. The minimum atomic E-state index is -0.590. The Hall–Kier alpha value is -1.67. The van der Waals surface area contributed by atoms with Crippen LogP contribution in [0.25, 0.3) is 0 Å². The Balaban J connectivity index is 3.01. The van der Waals surface area contributed by atoms with Gasteiger partial charge in [-0.1, -0.05) is 13.8 Å². The second-order valence-electron chi connectivity index (χ2n) is 7.57. The number of nitrogens with zero attached hydrogens (tertiary/aromatic N) is 2. The van der Waals surface area contributed by atoms with E-state index in [4.69, 9.17) is 9.47 Å². The van der Waals surface area contributed by atoms with Gasteiger partial charge in [-0.3, -0.25) is 4.79 Å². The predicted octanol–water partition coefficient (Wildman–Crippen LogP) is 3.52. The SMILES string of the molecule is CC(=O)OC(CC(C(C)C)N(C)C(=O)OC(C)(C)C)c1nc(CO)cs1. The van der Waals surface area contributed by atoms with Crippen LogP contribution in [0.5, 0.6) is 0 Å². The fraction of sp³-hybridized carbons (Fsp3) is 0.722. The molecule has 8 heteroatoms. The van der Waals surface area contributed by atoms with Crippen LogP contribution in [0, 0.1) is 5.92 Å². The van der Waals surface area contributed by atoms with Crippen molar-refractivity contribution in [1.82, 2.24) is 9.88 Å². The second-order valence-corrected chi connectivity index (χ2v) is 8.46. The summed E-state index contributed by atoms with van der Waals surface area (Å²) in [6, 6.07) is -0.212. The molecule has 1 aromatic rings. The van der Waals surface area contributed by atoms with Gasteiger partial charge in [-0.15, -0.1) is 11.3 Å². The third-order valence-electron chi connectivity index (χ3n) is 3.72. The summed E-state index contributed by atoms with van der Waals surface area (Å²) in [5.41, 5.74) is -0.0585. The smallest absolute Gasteiger partial charge is 0.410 e. The van der Waals surface area contributed by atoms with E-state index in [9.17, 15) is 14.7 Å². The number of esters is 1. The van der Waals surface area contributed by atoms with Crippen molar-refractivity contribution in [2.45, 2.75) is 72.3 Å². The second kappa shape index (κ2) is 9.32. The molecule has 148 valence electrons. The van der Waals surface area contributed by atoms with Crippen LogP contribution in [0.2, 0.25) is 0 Å². The van der Waals surface area contributed by atoms with Gasteiger partial charge in [-0.2, -0.15) is 0 Å². The first kappa shape index (κ1) is 22.4. The van der Waals surface area contributed by atoms with Crippen molar-refractivity contribution < 1.29 is 24.2 Å². The molecule has 7 nitrogen and oxygen atoms in total. The lowest BCUT2D eigenvalue weighted by atomic mass is 9.96. The highest BCUT2D eigenvalue weighted by Crippen LogP contribution is 2.30. The average molecular weight is 387 g/mol. The summed E-state index contributed by atoms with van der Waals surface area (Å²) >= 11 is 1.33. The highest BCUT2D eigenvalue weighted by atomic mass is 32.1. The molecule has 0 aliphatic carbocycles. The minimum absolute atomic E-state index is 0.114. The number of hydrogen-bond donors (Lipinski definition) is 1. The van der Waals surface area contributed by atoms with E-state index < -0.39 is 23.8 Å². The Morgan fingerprint density at radius 2 is 1.96 bits per heavy atom. The van der Waals surface area contributed by atoms with Crippen LogP contribution in [0.4, 0.5) is 4.79 Å². The lowest BCUT2D eigenvalue weighted by Crippen LogP contribution is -2.44. The molecule has 0 spiro atoms. The zero-order valence-electron chi connectivity index (χ0n) is 16.6. The van der Waals surface area contributed by atoms with Gasteiger partial charge < -0.3 is 19.5 Å². The van der Waals surface area contributed by atoms with E-state index in [2.05, 4.69) is 4.98 Å². The Morgan fingerprint density at radius 3 is 2.38 bits per heavy atom. The van der Waals surface area contributed by atoms with Gasteiger partial charge in [0.05, 0.1) is 12.3 Å². The molecular weight excluding hydrogens is 356 g/mol. The Kier molecular flexibility index (Phi) is 8.02. The number of carbonyl (C=O) groups is 2. The lowest BCUT2D eigenvalue weighted by molar-refractivity contribution is -0.147. The average Bonchev–Trinajstić information content (AvgIpc) is 2.97. The highest BCUT2D eigenvalue weighted by molar-refractivity contribution is 7.09. The van der Waals surface area contributed by atoms with Crippen LogP contribution in [0.1, 0.15) is 64.8 Å². The number of ether oxygens (including phenoxy) is 2. The van der Waals surface area contributed by atoms with E-state index in [1.807, 2.05) is 34.6 Å². The van der Waals surface area contributed by atoms with E-state index in [0.717, 1.165) is 0 Å². The summed E-state index contributed by atoms with van der Waals surface area (Å²) in [4.78, 5) is 29.9. The van der Waals surface area contributed by atoms with Crippen LogP contribution in [-0.2, 0) is 20.9 Å². The number of aromatic nitrogens is 1. The molecule has 0 aliphatic rings. The van der Waals surface area contributed by atoms with E-state index in [1.54, 1.807) is 17.3 Å². The molecule has 0 fully saturated rings. The summed E-state index contributed by atoms with van der Waals surface area (Å²) in [6.45, 7) is 10.6. The van der Waals surface area contributed by atoms with Crippen molar-refractivity contribution in [3.8, 4) is 0 Å². The van der Waals surface area contributed by atoms with E-state index in [1.165, 1.54) is 18.3 Å². The first-order chi connectivity index (χ1) is 11.9. The van der Waals surface area contributed by atoms with Crippen LogP contribution in [0.15, 0.2) is 5.38 Å². The monoisotopic (exact) mass is 386 g/mol. The van der Waals surface area contributed by atoms with Crippen LogP contribution in [0.3, 0.4) is 0 Å². The van der Waals surface area contributed by atoms with Crippen molar-refractivity contribution in [2.75, 3.05) is 7.05 Å². The zero-order valence-corrected chi connectivity index (χ0v) is 17.4. The number of aliphatic hydroxyl groups excluding tert-OH is 1. The van der Waals surface area contributed by atoms with Crippen LogP contribution < -0.4 is 0 Å². The van der Waals surface area contributed by atoms with Gasteiger partial charge >= 0.3 is 12.1 Å². The van der Waals surface area contributed by atoms with E-state index in [-0.39, 0.29) is 18.6 Å². The summed E-state index contributed by atoms with van der Waals surface area (Å²) in [5.74, 6) is -0.305. The van der Waals surface area contributed by atoms with Gasteiger partial charge in [0.2, 0.25) is 0 Å². The molecule has 0 radical (unpaired) electrons. The summed E-state index contributed by atoms with van der Waals surface area (Å²) in [6.07, 6.45) is -0.617. The molecule has 0 saturated carbocycles. The first-order valence-corrected chi connectivity index (χ1v) is 9.50. The quantitative estimate of drug-likeness (QED) is 0.721. The van der Waals surface area contributed by atoms with Crippen molar-refractivity contribution in [3.63, 3.8) is 0 Å². The molecule has 0 aromatic carbocycles. The number of amides is 1. The fourth-order valence-corrected chi connectivity index (χ4v) is 3.36. The molecule has 1 N–H and O–H groups in total. The molecule has 0 bridgehead atoms. The topological polar surface area (TPSA) is 89.0 Å². The van der Waals surface area contributed by atoms with Gasteiger partial charge in [-0.05, 0) is 26.7 Å². The first-order valence-electron chi connectivity index (χ1n) is 8.62. The maximum atomic E-state index is 12.4. The molecule has 1 aromatic heterocycles. The summed E-state index contributed by atoms with van der Waals surface area (Å²) < 4.78 is 10.9. The number of thiazole rings is 1. The number of rotatable bonds is 7. The third-order valence-corrected chi connectivity index (χ3v) is 4.70. The molecule has 0 aliphatic heterocycles. The van der Waals surface area contributed by atoms with Crippen molar-refractivity contribution >= 4 is 23.4 Å². The Morgan fingerprint density at radius 1 is 1.35 bits per heavy atom. The standard InChI is InChI=1S/C18H30N2O5S/c1-11(2)14(20(7)17(23)25-18(4,5)6)8-15(24-12(3)22)16-19-13(9-21)10-26-16/h10-11,14-15,21H,8-9H2,1-7H3. The summed E-state index contributed by atoms with van der Waals surface area (Å²) in [5, 5.41) is 11.6. The van der Waals surface area contributed by atoms with Gasteiger partial charge in [0, 0.05) is 31.8 Å². The van der Waals surface area contributed by atoms with Gasteiger partial charge in [0.1, 0.15) is 10.6 Å². The van der Waals surface area contributed by atoms with Gasteiger partial charge in [-0.25, -0.2) is 9.78 Å². The van der Waals surface area contributed by atoms with E-state index >= 15 is 0 Å². The lowest BCUT2D eigenvalue weighted by Gasteiger charge is -2.34. The Labute approximate surface area is 159 Å². The zero-order chi connectivity index (χ0) is 20.1. The highest BCUT2D eigenvalue weighted by Gasteiger charge is 2.32. The van der Waals surface area contributed by atoms with Crippen molar-refractivity contribution in [2.24, 2.45) is 5.92 Å². The molecule has 1 amide bonds. The number of aliphatic hydroxyl groups is 1. The largest absolute Gasteiger partial charge is 0.455 e. The van der Waals surface area contributed by atoms with Crippen LogP contribution in [-0.4, -0.2) is 45.7 Å². The molecule has 2 atom stereocenters. The fourth-order valence-electron chi connectivity index (χ4n) is 2.51. The molecule has 0 saturated heterocycles. The molecule has 26 heavy (non-hydrogen) atoms. The van der Waals surface area contributed by atoms with Gasteiger partial charge in [0.15, 0.2) is 6.10 Å². The van der Waals surface area contributed by atoms with Crippen molar-refractivity contribution in [1.29, 1.82) is 0 Å². The normalized spacial score (nSPS) is 14.0. The maximum absolute atomic E-state index is 12.4. The molecular formula is C18H30N2O5S. The molecule has 1 rings (SSSR count). The van der Waals surface area contributed by atoms with Gasteiger partial charge in [0.25, 0.3) is 0 Å². The molecule has 2 unspecified atom stereocenters. The third kappa shape index (κ3) is 6.92. The Bertz CT molecular complexity index is 609. The summed E-state index contributed by atoms with van der Waals surface area (Å²) in [7, 11) is 1.69. The number of hydrogen-bond acceptors (Lipinski definition) is 7. The van der Waals surface area contributed by atoms with E-state index in [0.29, 0.717) is 17.1 Å². The predicted molar refractivity (Wildman–Crippen MR) is 99.8 cm³/mol.